The van der Waals surface area contributed by atoms with Gasteiger partial charge in [0.25, 0.3) is 0 Å². The second kappa shape index (κ2) is 14.6. The number of ether oxygens (including phenoxy) is 1. The number of carbonyl (C=O) groups is 2. The monoisotopic (exact) mass is 766 g/mol. The first-order chi connectivity index (χ1) is 25.7. The van der Waals surface area contributed by atoms with Gasteiger partial charge < -0.3 is 9.30 Å². The topological polar surface area (TPSA) is 138 Å². The first-order valence-electron chi connectivity index (χ1n) is 18.1. The number of carbonyl (C=O) groups excluding carboxylic acids is 2. The summed E-state index contributed by atoms with van der Waals surface area (Å²) in [6, 6.07) is 6.62. The van der Waals surface area contributed by atoms with Crippen LogP contribution in [0.15, 0.2) is 37.1 Å². The molecule has 0 radical (unpaired) electrons. The number of imide groups is 1. The van der Waals surface area contributed by atoms with Gasteiger partial charge in [-0.1, -0.05) is 19.6 Å². The van der Waals surface area contributed by atoms with Gasteiger partial charge in [0.15, 0.2) is 17.3 Å². The average Bonchev–Trinajstić information content (AvgIpc) is 3.81. The molecule has 13 nitrogen and oxygen atoms in total. The summed E-state index contributed by atoms with van der Waals surface area (Å²) in [5, 5.41) is 15.5. The molecule has 0 aliphatic carbocycles. The number of hydrogen-bond donors (Lipinski definition) is 0. The van der Waals surface area contributed by atoms with Gasteiger partial charge in [-0.2, -0.15) is 23.5 Å². The van der Waals surface area contributed by atoms with Crippen LogP contribution in [0.4, 0.5) is 23.4 Å². The van der Waals surface area contributed by atoms with E-state index in [0.717, 1.165) is 17.1 Å². The summed E-state index contributed by atoms with van der Waals surface area (Å²) in [7, 11) is -1.27. The second-order valence-electron chi connectivity index (χ2n) is 15.6. The van der Waals surface area contributed by atoms with E-state index in [1.54, 1.807) is 10.9 Å². The number of pyridine rings is 1. The molecule has 0 atom stereocenters. The molecule has 7 rings (SSSR count). The summed E-state index contributed by atoms with van der Waals surface area (Å²) in [5.74, 6) is -1.89. The molecule has 286 valence electrons. The number of fused-ring (bicyclic) bond motifs is 1. The minimum absolute atomic E-state index is 0.0423. The molecule has 3 fully saturated rings. The van der Waals surface area contributed by atoms with Gasteiger partial charge in [-0.25, -0.2) is 24.2 Å². The number of alkyl halides is 3. The van der Waals surface area contributed by atoms with Gasteiger partial charge in [-0.3, -0.25) is 24.1 Å². The number of aromatic nitrogens is 6. The van der Waals surface area contributed by atoms with Crippen LogP contribution in [-0.4, -0.2) is 97.8 Å². The molecule has 18 heteroatoms. The third-order valence-corrected chi connectivity index (χ3v) is 12.3. The molecule has 0 spiro atoms. The van der Waals surface area contributed by atoms with Gasteiger partial charge >= 0.3 is 6.18 Å². The van der Waals surface area contributed by atoms with Gasteiger partial charge in [-0.05, 0) is 44.1 Å². The quantitative estimate of drug-likeness (QED) is 0.0798. The highest BCUT2D eigenvalue weighted by Gasteiger charge is 2.49. The zero-order valence-electron chi connectivity index (χ0n) is 30.4. The van der Waals surface area contributed by atoms with Crippen LogP contribution in [0.3, 0.4) is 0 Å². The maximum atomic E-state index is 14.7. The highest BCUT2D eigenvalue weighted by Crippen LogP contribution is 2.41. The molecule has 0 saturated carbocycles. The van der Waals surface area contributed by atoms with Gasteiger partial charge in [-0.15, -0.1) is 0 Å². The number of piperidine rings is 1. The first kappa shape index (κ1) is 37.7. The third kappa shape index (κ3) is 7.41. The lowest BCUT2D eigenvalue weighted by molar-refractivity contribution is -0.143. The summed E-state index contributed by atoms with van der Waals surface area (Å²) >= 11 is 0. The molecule has 0 unspecified atom stereocenters. The number of nitriles is 1. The Kier molecular flexibility index (Phi) is 10.2. The molecule has 3 aliphatic rings. The predicted molar refractivity (Wildman–Crippen MR) is 192 cm³/mol. The number of likely N-dealkylation sites (tertiary alicyclic amines) is 2. The second-order valence-corrected chi connectivity index (χ2v) is 21.3. The number of rotatable bonds is 12. The van der Waals surface area contributed by atoms with Crippen LogP contribution >= 0.6 is 0 Å². The van der Waals surface area contributed by atoms with Crippen molar-refractivity contribution in [1.29, 1.82) is 5.26 Å². The first-order valence-corrected chi connectivity index (χ1v) is 21.8. The molecular weight excluding hydrogens is 725 g/mol. The van der Waals surface area contributed by atoms with E-state index in [-0.39, 0.29) is 55.0 Å². The van der Waals surface area contributed by atoms with Crippen LogP contribution in [-0.2, 0) is 39.3 Å². The zero-order chi connectivity index (χ0) is 38.4. The fraction of sp³-hybridized carbons (Fsp3) is 0.528. The van der Waals surface area contributed by atoms with Crippen molar-refractivity contribution in [2.75, 3.05) is 37.7 Å². The van der Waals surface area contributed by atoms with E-state index in [1.165, 1.54) is 12.4 Å². The Morgan fingerprint density at radius 1 is 1.06 bits per heavy atom. The smallest absolute Gasteiger partial charge is 0.361 e. The van der Waals surface area contributed by atoms with Crippen molar-refractivity contribution in [2.45, 2.75) is 88.8 Å². The standard InChI is InChI=1S/C36H42F4N10O3Si/c1-54(2,3)17-16-53-23-47-15-9-26-31(43-22-44-33(26)47)27-19-49(45-34(27)50-28(51)4-5-29(50)52)35(10-11-41)20-48(21-35)25-7-13-46(14-8-25)18-24-6-12-42-32(30(24)37)36(38,39)40/h6,9,12,15,19,22,25H,4-5,7-8,10,13-14,16-18,20-21,23H2,1-3H3. The molecule has 3 saturated heterocycles. The molecule has 4 aromatic rings. The SMILES string of the molecule is C[Si](C)(C)CCOCn1ccc2c(-c3cn(C4(CC#N)CN(C5CCN(Cc6ccnc(C(F)(F)F)c6F)CC5)C4)nc3N3C(=O)CCC3=O)ncnc21. The van der Waals surface area contributed by atoms with Gasteiger partial charge in [0.1, 0.15) is 24.2 Å². The van der Waals surface area contributed by atoms with Crippen molar-refractivity contribution in [3.8, 4) is 17.3 Å². The Hall–Kier alpha value is -4.57. The summed E-state index contributed by atoms with van der Waals surface area (Å²) in [4.78, 5) is 43.8. The van der Waals surface area contributed by atoms with Crippen LogP contribution in [0.1, 0.15) is 43.4 Å². The van der Waals surface area contributed by atoms with E-state index in [2.05, 4.69) is 45.6 Å². The minimum Gasteiger partial charge on any atom is -0.361 e. The van der Waals surface area contributed by atoms with E-state index in [0.29, 0.717) is 74.6 Å². The number of halogens is 4. The minimum atomic E-state index is -4.87. The summed E-state index contributed by atoms with van der Waals surface area (Å²) in [6.45, 7) is 9.92. The summed E-state index contributed by atoms with van der Waals surface area (Å²) < 4.78 is 63.8. The number of anilines is 1. The highest BCUT2D eigenvalue weighted by atomic mass is 28.3. The Bertz CT molecular complexity index is 2080. The summed E-state index contributed by atoms with van der Waals surface area (Å²) in [6.07, 6.45) is 2.86. The molecule has 54 heavy (non-hydrogen) atoms. The Labute approximate surface area is 310 Å². The van der Waals surface area contributed by atoms with E-state index < -0.39 is 31.3 Å². The van der Waals surface area contributed by atoms with Gasteiger partial charge in [0, 0.05) is 82.7 Å². The van der Waals surface area contributed by atoms with Crippen molar-refractivity contribution in [1.82, 2.24) is 39.1 Å². The number of amides is 2. The van der Waals surface area contributed by atoms with Crippen molar-refractivity contribution < 1.29 is 31.9 Å². The van der Waals surface area contributed by atoms with Gasteiger partial charge in [0.05, 0.1) is 23.7 Å². The molecular formula is C36H42F4N10O3Si. The molecule has 4 aromatic heterocycles. The van der Waals surface area contributed by atoms with Crippen molar-refractivity contribution >= 4 is 36.7 Å². The lowest BCUT2D eigenvalue weighted by atomic mass is 9.83. The van der Waals surface area contributed by atoms with Gasteiger partial charge in [0.2, 0.25) is 11.8 Å². The molecule has 0 N–H and O–H groups in total. The normalized spacial score (nSPS) is 18.8. The Balaban J connectivity index is 1.10. The number of hydrogen-bond acceptors (Lipinski definition) is 10. The zero-order valence-corrected chi connectivity index (χ0v) is 31.4. The van der Waals surface area contributed by atoms with E-state index in [9.17, 15) is 32.4 Å². The maximum Gasteiger partial charge on any atom is 0.436 e. The fourth-order valence-corrected chi connectivity index (χ4v) is 8.31. The third-order valence-electron chi connectivity index (χ3n) is 10.6. The van der Waals surface area contributed by atoms with E-state index in [4.69, 9.17) is 9.84 Å². The predicted octanol–water partition coefficient (Wildman–Crippen LogP) is 5.40. The van der Waals surface area contributed by atoms with Crippen LogP contribution < -0.4 is 4.90 Å². The molecule has 3 aliphatic heterocycles. The molecule has 0 bridgehead atoms. The van der Waals surface area contributed by atoms with Crippen molar-refractivity contribution in [3.05, 3.63) is 54.1 Å². The Morgan fingerprint density at radius 3 is 2.44 bits per heavy atom. The largest absolute Gasteiger partial charge is 0.436 e. The van der Waals surface area contributed by atoms with Crippen LogP contribution in [0, 0.1) is 17.1 Å². The van der Waals surface area contributed by atoms with E-state index >= 15 is 0 Å². The van der Waals surface area contributed by atoms with Crippen molar-refractivity contribution in [2.24, 2.45) is 0 Å². The van der Waals surface area contributed by atoms with E-state index in [1.807, 2.05) is 21.7 Å². The highest BCUT2D eigenvalue weighted by molar-refractivity contribution is 6.76. The van der Waals surface area contributed by atoms with Crippen molar-refractivity contribution in [3.63, 3.8) is 0 Å². The number of nitrogens with zero attached hydrogens (tertiary/aromatic N) is 10. The molecule has 2 amide bonds. The van der Waals surface area contributed by atoms with Crippen LogP contribution in [0.2, 0.25) is 25.7 Å². The maximum absolute atomic E-state index is 14.7. The fourth-order valence-electron chi connectivity index (χ4n) is 7.56. The summed E-state index contributed by atoms with van der Waals surface area (Å²) in [5.41, 5.74) is -0.695. The molecule has 0 aromatic carbocycles. The lowest BCUT2D eigenvalue weighted by Crippen LogP contribution is -2.66. The average molecular weight is 767 g/mol. The lowest BCUT2D eigenvalue weighted by Gasteiger charge is -2.53. The van der Waals surface area contributed by atoms with Crippen LogP contribution in [0.5, 0.6) is 0 Å². The van der Waals surface area contributed by atoms with Crippen LogP contribution in [0.25, 0.3) is 22.3 Å². The molecule has 7 heterocycles. The Morgan fingerprint density at radius 2 is 1.78 bits per heavy atom.